The molecule has 0 aliphatic rings. The molecular formula is C16H14B2FNO6. The summed E-state index contributed by atoms with van der Waals surface area (Å²) in [5.74, 6) is -3.27. The molecule has 0 heterocycles. The van der Waals surface area contributed by atoms with Crippen molar-refractivity contribution in [3.05, 3.63) is 58.9 Å². The number of aliphatic carboxylic acids is 1. The van der Waals surface area contributed by atoms with Crippen LogP contribution in [0, 0.1) is 5.82 Å². The van der Waals surface area contributed by atoms with Gasteiger partial charge in [-0.2, -0.15) is 0 Å². The van der Waals surface area contributed by atoms with E-state index in [4.69, 9.17) is 10.1 Å². The largest absolute Gasteiger partial charge is 0.480 e. The summed E-state index contributed by atoms with van der Waals surface area (Å²) in [7, 11) is -0.900. The molecule has 0 aliphatic carbocycles. The number of ketones is 1. The van der Waals surface area contributed by atoms with Crippen molar-refractivity contribution in [2.75, 3.05) is 6.54 Å². The summed E-state index contributed by atoms with van der Waals surface area (Å²) >= 11 is 0. The second-order valence-corrected chi connectivity index (χ2v) is 5.49. The molecule has 26 heavy (non-hydrogen) atoms. The van der Waals surface area contributed by atoms with Crippen LogP contribution in [0.15, 0.2) is 36.4 Å². The smallest absolute Gasteiger partial charge is 0.322 e. The van der Waals surface area contributed by atoms with Gasteiger partial charge in [0.05, 0.1) is 0 Å². The van der Waals surface area contributed by atoms with E-state index in [9.17, 15) is 23.8 Å². The highest BCUT2D eigenvalue weighted by Gasteiger charge is 2.16. The molecule has 0 unspecified atom stereocenters. The van der Waals surface area contributed by atoms with Crippen molar-refractivity contribution < 1.29 is 33.9 Å². The van der Waals surface area contributed by atoms with Gasteiger partial charge in [0.25, 0.3) is 5.91 Å². The highest BCUT2D eigenvalue weighted by atomic mass is 19.1. The molecule has 2 aromatic rings. The van der Waals surface area contributed by atoms with Crippen LogP contribution in [0.4, 0.5) is 4.39 Å². The topological polar surface area (TPSA) is 124 Å². The van der Waals surface area contributed by atoms with Crippen LogP contribution < -0.4 is 16.2 Å². The van der Waals surface area contributed by atoms with Crippen LogP contribution in [0.5, 0.6) is 0 Å². The predicted octanol–water partition coefficient (Wildman–Crippen LogP) is -2.19. The first-order valence-corrected chi connectivity index (χ1v) is 7.54. The molecule has 0 saturated carbocycles. The highest BCUT2D eigenvalue weighted by molar-refractivity contribution is 6.46. The number of halogens is 1. The molecule has 0 fully saturated rings. The number of hydrogen-bond donors (Lipinski definition) is 4. The van der Waals surface area contributed by atoms with Crippen molar-refractivity contribution in [2.45, 2.75) is 0 Å². The van der Waals surface area contributed by atoms with E-state index in [0.717, 1.165) is 12.1 Å². The van der Waals surface area contributed by atoms with E-state index in [0.29, 0.717) is 0 Å². The molecule has 7 nitrogen and oxygen atoms in total. The van der Waals surface area contributed by atoms with Gasteiger partial charge in [-0.1, -0.05) is 23.7 Å². The predicted molar refractivity (Wildman–Crippen MR) is 94.2 cm³/mol. The van der Waals surface area contributed by atoms with Crippen molar-refractivity contribution in [1.29, 1.82) is 0 Å². The van der Waals surface area contributed by atoms with Crippen LogP contribution in [0.1, 0.15) is 26.3 Å². The molecule has 2 aromatic carbocycles. The fourth-order valence-corrected chi connectivity index (χ4v) is 2.34. The Bertz CT molecular complexity index is 874. The zero-order valence-electron chi connectivity index (χ0n) is 13.5. The van der Waals surface area contributed by atoms with E-state index in [1.54, 1.807) is 0 Å². The fourth-order valence-electron chi connectivity index (χ4n) is 2.34. The first-order valence-electron chi connectivity index (χ1n) is 7.54. The second kappa shape index (κ2) is 8.41. The number of hydrogen-bond acceptors (Lipinski definition) is 5. The van der Waals surface area contributed by atoms with E-state index in [1.165, 1.54) is 24.3 Å². The van der Waals surface area contributed by atoms with E-state index < -0.39 is 45.0 Å². The van der Waals surface area contributed by atoms with E-state index >= 15 is 0 Å². The maximum Gasteiger partial charge on any atom is 0.322 e. The summed E-state index contributed by atoms with van der Waals surface area (Å²) in [6.45, 7) is -0.602. The number of amides is 1. The fraction of sp³-hybridized carbons (Fsp3) is 0.0625. The summed E-state index contributed by atoms with van der Waals surface area (Å²) in [5.41, 5.74) is 0.452. The minimum Gasteiger partial charge on any atom is -0.480 e. The minimum absolute atomic E-state index is 0.0139. The van der Waals surface area contributed by atoms with Gasteiger partial charge in [-0.05, 0) is 23.7 Å². The van der Waals surface area contributed by atoms with Crippen LogP contribution >= 0.6 is 0 Å². The average molecular weight is 357 g/mol. The number of carbonyl (C=O) groups is 3. The lowest BCUT2D eigenvalue weighted by molar-refractivity contribution is -0.135. The molecule has 10 heteroatoms. The zero-order chi connectivity index (χ0) is 19.3. The summed E-state index contributed by atoms with van der Waals surface area (Å²) in [5, 5.41) is 29.2. The van der Waals surface area contributed by atoms with Gasteiger partial charge >= 0.3 is 20.9 Å². The Morgan fingerprint density at radius 3 is 2.00 bits per heavy atom. The van der Waals surface area contributed by atoms with Gasteiger partial charge in [0.1, 0.15) is 12.4 Å². The maximum atomic E-state index is 13.6. The monoisotopic (exact) mass is 357 g/mol. The molecule has 0 atom stereocenters. The van der Waals surface area contributed by atoms with Gasteiger partial charge in [0.15, 0.2) is 5.78 Å². The third kappa shape index (κ3) is 4.78. The van der Waals surface area contributed by atoms with Crippen molar-refractivity contribution in [2.24, 2.45) is 0 Å². The summed E-state index contributed by atoms with van der Waals surface area (Å²) in [6.07, 6.45) is 0. The lowest BCUT2D eigenvalue weighted by Gasteiger charge is -2.09. The molecule has 0 aliphatic heterocycles. The van der Waals surface area contributed by atoms with E-state index in [-0.39, 0.29) is 27.6 Å². The molecule has 132 valence electrons. The quantitative estimate of drug-likeness (QED) is 0.330. The van der Waals surface area contributed by atoms with Crippen molar-refractivity contribution in [3.8, 4) is 0 Å². The Morgan fingerprint density at radius 1 is 0.885 bits per heavy atom. The first kappa shape index (κ1) is 19.4. The number of benzene rings is 2. The van der Waals surface area contributed by atoms with Crippen LogP contribution in [-0.4, -0.2) is 54.3 Å². The lowest BCUT2D eigenvalue weighted by atomic mass is 9.83. The Balaban J connectivity index is 2.40. The van der Waals surface area contributed by atoms with Crippen LogP contribution in [-0.2, 0) is 4.79 Å². The number of carbonyl (C=O) groups excluding carboxylic acids is 2. The van der Waals surface area contributed by atoms with Crippen LogP contribution in [0.2, 0.25) is 0 Å². The normalized spacial score (nSPS) is 10.1. The summed E-state index contributed by atoms with van der Waals surface area (Å²) in [6, 6.07) is 7.30. The van der Waals surface area contributed by atoms with Gasteiger partial charge in [0, 0.05) is 16.7 Å². The molecular weight excluding hydrogens is 343 g/mol. The molecule has 0 saturated heterocycles. The second-order valence-electron chi connectivity index (χ2n) is 5.49. The van der Waals surface area contributed by atoms with Gasteiger partial charge in [0.2, 0.25) is 0 Å². The Hall–Kier alpha value is -2.97. The molecule has 0 spiro atoms. The van der Waals surface area contributed by atoms with Gasteiger partial charge < -0.3 is 20.5 Å². The number of carboxylic acids is 1. The standard InChI is InChI=1S/C16H14B2FNO6/c19-13-5-9(3-12(6-13)18-26)15(23)8-1-10(4-11(2-8)17-25)16(24)20-7-14(21)22/h1-6,17-18,25-26H,7H2,(H,20,24)(H,21,22). The SMILES string of the molecule is O=C(O)CNC(=O)c1cc(BO)cc(C(=O)c2cc(F)cc(BO)c2)c1. The molecule has 0 radical (unpaired) electrons. The van der Waals surface area contributed by atoms with Crippen molar-refractivity contribution >= 4 is 43.6 Å². The van der Waals surface area contributed by atoms with Gasteiger partial charge in [-0.3, -0.25) is 14.4 Å². The zero-order valence-corrected chi connectivity index (χ0v) is 13.5. The van der Waals surface area contributed by atoms with E-state index in [1.807, 2.05) is 0 Å². The maximum absolute atomic E-state index is 13.6. The van der Waals surface area contributed by atoms with Crippen molar-refractivity contribution in [1.82, 2.24) is 5.32 Å². The van der Waals surface area contributed by atoms with Crippen LogP contribution in [0.25, 0.3) is 0 Å². The number of nitrogens with one attached hydrogen (secondary N) is 1. The molecule has 2 rings (SSSR count). The Labute approximate surface area is 149 Å². The molecule has 1 amide bonds. The van der Waals surface area contributed by atoms with Crippen LogP contribution in [0.3, 0.4) is 0 Å². The number of carboxylic acid groups (broad SMARTS) is 1. The molecule has 4 N–H and O–H groups in total. The van der Waals surface area contributed by atoms with E-state index in [2.05, 4.69) is 5.32 Å². The van der Waals surface area contributed by atoms with Crippen molar-refractivity contribution in [3.63, 3.8) is 0 Å². The third-order valence-corrected chi connectivity index (χ3v) is 3.50. The first-order chi connectivity index (χ1) is 12.3. The summed E-state index contributed by atoms with van der Waals surface area (Å²) in [4.78, 5) is 35.2. The van der Waals surface area contributed by atoms with Gasteiger partial charge in [-0.15, -0.1) is 0 Å². The molecule has 0 aromatic heterocycles. The van der Waals surface area contributed by atoms with Gasteiger partial charge in [-0.25, -0.2) is 4.39 Å². The minimum atomic E-state index is -1.23. The number of rotatable bonds is 7. The lowest BCUT2D eigenvalue weighted by Crippen LogP contribution is -2.30. The highest BCUT2D eigenvalue weighted by Crippen LogP contribution is 2.12. The third-order valence-electron chi connectivity index (χ3n) is 3.50. The Morgan fingerprint density at radius 2 is 1.42 bits per heavy atom. The summed E-state index contributed by atoms with van der Waals surface area (Å²) < 4.78 is 13.6. The Kier molecular flexibility index (Phi) is 6.26. The average Bonchev–Trinajstić information content (AvgIpc) is 2.64. The molecule has 0 bridgehead atoms.